The fraction of sp³-hybridized carbons (Fsp3) is 0.545. The van der Waals surface area contributed by atoms with Gasteiger partial charge in [-0.05, 0) is 12.5 Å². The maximum Gasteiger partial charge on any atom is 0.267 e. The third-order valence-electron chi connectivity index (χ3n) is 3.26. The Kier molecular flexibility index (Phi) is 3.66. The van der Waals surface area contributed by atoms with Gasteiger partial charge in [0.25, 0.3) is 5.91 Å². The molecular formula is C11H18N4O3S. The molecule has 2 heterocycles. The zero-order valence-electron chi connectivity index (χ0n) is 11.0. The zero-order valence-corrected chi connectivity index (χ0v) is 11.8. The highest BCUT2D eigenvalue weighted by Crippen LogP contribution is 2.22. The number of carbonyl (C=O) groups excluding carboxylic acids is 1. The molecule has 0 bridgehead atoms. The molecule has 1 aromatic heterocycles. The monoisotopic (exact) mass is 286 g/mol. The molecule has 8 heteroatoms. The summed E-state index contributed by atoms with van der Waals surface area (Å²) in [4.78, 5) is 11.7. The summed E-state index contributed by atoms with van der Waals surface area (Å²) in [5.41, 5.74) is 6.04. The second-order valence-electron chi connectivity index (χ2n) is 4.66. The number of rotatable bonds is 3. The van der Waals surface area contributed by atoms with E-state index in [-0.39, 0.29) is 16.8 Å². The van der Waals surface area contributed by atoms with Crippen LogP contribution in [0.2, 0.25) is 0 Å². The molecule has 1 aromatic rings. The average Bonchev–Trinajstić information content (AvgIpc) is 2.95. The second kappa shape index (κ2) is 4.95. The summed E-state index contributed by atoms with van der Waals surface area (Å²) >= 11 is 0. The van der Waals surface area contributed by atoms with Crippen LogP contribution in [-0.2, 0) is 17.1 Å². The summed E-state index contributed by atoms with van der Waals surface area (Å²) in [5, 5.41) is 2.48. The Balaban J connectivity index is 2.34. The van der Waals surface area contributed by atoms with Gasteiger partial charge in [-0.1, -0.05) is 0 Å². The molecule has 1 saturated heterocycles. The predicted molar refractivity (Wildman–Crippen MR) is 70.2 cm³/mol. The van der Waals surface area contributed by atoms with Crippen LogP contribution in [0, 0.1) is 0 Å². The van der Waals surface area contributed by atoms with Gasteiger partial charge >= 0.3 is 0 Å². The second-order valence-corrected chi connectivity index (χ2v) is 6.60. The van der Waals surface area contributed by atoms with Crippen molar-refractivity contribution in [3.63, 3.8) is 0 Å². The van der Waals surface area contributed by atoms with Crippen LogP contribution in [0.3, 0.4) is 0 Å². The number of hydrogen-bond donors (Lipinski definition) is 2. The van der Waals surface area contributed by atoms with Crippen LogP contribution >= 0.6 is 0 Å². The topological polar surface area (TPSA) is 97.4 Å². The predicted octanol–water partition coefficient (Wildman–Crippen LogP) is -0.894. The lowest BCUT2D eigenvalue weighted by molar-refractivity contribution is 0.0955. The largest absolute Gasteiger partial charge is 0.354 e. The van der Waals surface area contributed by atoms with Gasteiger partial charge in [0, 0.05) is 39.4 Å². The summed E-state index contributed by atoms with van der Waals surface area (Å²) in [5.74, 6) is -0.318. The van der Waals surface area contributed by atoms with Crippen LogP contribution in [0.25, 0.3) is 0 Å². The third kappa shape index (κ3) is 2.51. The fourth-order valence-corrected chi connectivity index (χ4v) is 3.73. The molecule has 0 aliphatic carbocycles. The summed E-state index contributed by atoms with van der Waals surface area (Å²) < 4.78 is 27.6. The van der Waals surface area contributed by atoms with Crippen molar-refractivity contribution in [1.82, 2.24) is 14.2 Å². The fourth-order valence-electron chi connectivity index (χ4n) is 2.15. The summed E-state index contributed by atoms with van der Waals surface area (Å²) in [6.45, 7) is 0.750. The summed E-state index contributed by atoms with van der Waals surface area (Å²) in [6, 6.07) is 1.27. The van der Waals surface area contributed by atoms with Gasteiger partial charge in [-0.15, -0.1) is 0 Å². The molecule has 2 rings (SSSR count). The summed E-state index contributed by atoms with van der Waals surface area (Å²) in [6.07, 6.45) is 2.11. The number of aryl methyl sites for hydroxylation is 1. The quantitative estimate of drug-likeness (QED) is 0.753. The van der Waals surface area contributed by atoms with Gasteiger partial charge in [-0.25, -0.2) is 8.42 Å². The number of nitrogens with two attached hydrogens (primary N) is 1. The normalized spacial score (nSPS) is 20.7. The average molecular weight is 286 g/mol. The van der Waals surface area contributed by atoms with Gasteiger partial charge in [0.1, 0.15) is 10.6 Å². The first-order valence-corrected chi connectivity index (χ1v) is 7.44. The lowest BCUT2D eigenvalue weighted by Crippen LogP contribution is -2.31. The molecule has 1 aliphatic heterocycles. The third-order valence-corrected chi connectivity index (χ3v) is 5.10. The van der Waals surface area contributed by atoms with E-state index in [1.54, 1.807) is 7.05 Å². The van der Waals surface area contributed by atoms with E-state index < -0.39 is 10.0 Å². The Labute approximate surface area is 112 Å². The van der Waals surface area contributed by atoms with Crippen LogP contribution in [0.4, 0.5) is 0 Å². The van der Waals surface area contributed by atoms with E-state index in [9.17, 15) is 13.2 Å². The van der Waals surface area contributed by atoms with E-state index >= 15 is 0 Å². The number of amides is 1. The van der Waals surface area contributed by atoms with E-state index in [0.717, 1.165) is 0 Å². The lowest BCUT2D eigenvalue weighted by atomic mass is 10.3. The molecule has 106 valence electrons. The Morgan fingerprint density at radius 1 is 1.53 bits per heavy atom. The molecule has 0 radical (unpaired) electrons. The first-order valence-electron chi connectivity index (χ1n) is 6.00. The Hall–Kier alpha value is -1.38. The molecule has 7 nitrogen and oxygen atoms in total. The maximum absolute atomic E-state index is 12.4. The van der Waals surface area contributed by atoms with E-state index in [1.165, 1.54) is 28.2 Å². The molecular weight excluding hydrogens is 268 g/mol. The number of aromatic nitrogens is 1. The molecule has 1 aliphatic rings. The van der Waals surface area contributed by atoms with Crippen molar-refractivity contribution in [2.45, 2.75) is 17.4 Å². The van der Waals surface area contributed by atoms with Gasteiger partial charge in [-0.2, -0.15) is 4.31 Å². The number of hydrogen-bond acceptors (Lipinski definition) is 4. The maximum atomic E-state index is 12.4. The van der Waals surface area contributed by atoms with Gasteiger partial charge < -0.3 is 15.6 Å². The molecule has 1 fully saturated rings. The minimum Gasteiger partial charge on any atom is -0.354 e. The first-order chi connectivity index (χ1) is 8.86. The van der Waals surface area contributed by atoms with Crippen molar-refractivity contribution in [3.8, 4) is 0 Å². The molecule has 1 unspecified atom stereocenters. The summed E-state index contributed by atoms with van der Waals surface area (Å²) in [7, 11) is -0.421. The molecule has 0 spiro atoms. The molecule has 1 atom stereocenters. The Morgan fingerprint density at radius 3 is 2.74 bits per heavy atom. The molecule has 19 heavy (non-hydrogen) atoms. The van der Waals surface area contributed by atoms with Crippen LogP contribution in [0.1, 0.15) is 16.9 Å². The Morgan fingerprint density at radius 2 is 2.21 bits per heavy atom. The van der Waals surface area contributed by atoms with Gasteiger partial charge in [0.05, 0.1) is 0 Å². The molecule has 0 aromatic carbocycles. The van der Waals surface area contributed by atoms with E-state index in [1.807, 2.05) is 0 Å². The molecule has 3 N–H and O–H groups in total. The highest BCUT2D eigenvalue weighted by Gasteiger charge is 2.32. The molecule has 1 amide bonds. The number of nitrogens with one attached hydrogen (secondary N) is 1. The lowest BCUT2D eigenvalue weighted by Gasteiger charge is -2.14. The minimum atomic E-state index is -3.56. The van der Waals surface area contributed by atoms with Crippen molar-refractivity contribution in [3.05, 3.63) is 18.0 Å². The smallest absolute Gasteiger partial charge is 0.267 e. The van der Waals surface area contributed by atoms with Crippen LogP contribution in [0.5, 0.6) is 0 Å². The van der Waals surface area contributed by atoms with Crippen molar-refractivity contribution < 1.29 is 13.2 Å². The van der Waals surface area contributed by atoms with E-state index in [4.69, 9.17) is 5.73 Å². The Bertz CT molecular complexity index is 593. The highest BCUT2D eigenvalue weighted by molar-refractivity contribution is 7.89. The first kappa shape index (κ1) is 14.0. The standard InChI is InChI=1S/C11H18N4O3S/c1-13-11(16)10-5-9(7-14(10)2)19(17,18)15-4-3-8(12)6-15/h5,7-8H,3-4,6,12H2,1-2H3,(H,13,16). The highest BCUT2D eigenvalue weighted by atomic mass is 32.2. The van der Waals surface area contributed by atoms with Crippen LogP contribution in [-0.4, -0.2) is 49.4 Å². The van der Waals surface area contributed by atoms with E-state index in [2.05, 4.69) is 5.32 Å². The zero-order chi connectivity index (χ0) is 14.2. The van der Waals surface area contributed by atoms with E-state index in [0.29, 0.717) is 25.2 Å². The van der Waals surface area contributed by atoms with Crippen molar-refractivity contribution in [2.24, 2.45) is 12.8 Å². The van der Waals surface area contributed by atoms with Gasteiger partial charge in [0.2, 0.25) is 10.0 Å². The van der Waals surface area contributed by atoms with Crippen molar-refractivity contribution in [2.75, 3.05) is 20.1 Å². The SMILES string of the molecule is CNC(=O)c1cc(S(=O)(=O)N2CCC(N)C2)cn1C. The van der Waals surface area contributed by atoms with Crippen molar-refractivity contribution in [1.29, 1.82) is 0 Å². The van der Waals surface area contributed by atoms with Crippen LogP contribution < -0.4 is 11.1 Å². The number of carbonyl (C=O) groups is 1. The van der Waals surface area contributed by atoms with Crippen LogP contribution in [0.15, 0.2) is 17.2 Å². The van der Waals surface area contributed by atoms with Gasteiger partial charge in [-0.3, -0.25) is 4.79 Å². The van der Waals surface area contributed by atoms with Gasteiger partial charge in [0.15, 0.2) is 0 Å². The van der Waals surface area contributed by atoms with Crippen molar-refractivity contribution >= 4 is 15.9 Å². The number of sulfonamides is 1. The minimum absolute atomic E-state index is 0.114. The number of nitrogens with zero attached hydrogens (tertiary/aromatic N) is 2. The molecule has 0 saturated carbocycles.